The van der Waals surface area contributed by atoms with Gasteiger partial charge < -0.3 is 10.2 Å². The third kappa shape index (κ3) is 4.92. The number of hydrogen-bond acceptors (Lipinski definition) is 5. The summed E-state index contributed by atoms with van der Waals surface area (Å²) in [6.45, 7) is 2.59. The van der Waals surface area contributed by atoms with Crippen LogP contribution in [-0.2, 0) is 11.8 Å². The van der Waals surface area contributed by atoms with Gasteiger partial charge in [-0.2, -0.15) is 5.10 Å². The summed E-state index contributed by atoms with van der Waals surface area (Å²) in [6.07, 6.45) is 8.88. The average Bonchev–Trinajstić information content (AvgIpc) is 3.31. The van der Waals surface area contributed by atoms with Gasteiger partial charge in [0.05, 0.1) is 22.9 Å². The molecule has 8 nitrogen and oxygen atoms in total. The number of nitrogens with zero attached hydrogens (tertiary/aromatic N) is 5. The number of likely N-dealkylation sites (N-methyl/N-ethyl adjacent to an activating group) is 1. The Morgan fingerprint density at radius 3 is 2.65 bits per heavy atom. The van der Waals surface area contributed by atoms with Gasteiger partial charge in [0, 0.05) is 60.2 Å². The maximum Gasteiger partial charge on any atom is 0.255 e. The largest absolute Gasteiger partial charge is 0.322 e. The summed E-state index contributed by atoms with van der Waals surface area (Å²) in [6, 6.07) is 15.0. The van der Waals surface area contributed by atoms with E-state index in [9.17, 15) is 9.59 Å². The summed E-state index contributed by atoms with van der Waals surface area (Å²) >= 11 is 0. The molecule has 0 aliphatic carbocycles. The van der Waals surface area contributed by atoms with E-state index in [1.807, 2.05) is 87.8 Å². The van der Waals surface area contributed by atoms with E-state index in [0.29, 0.717) is 17.9 Å². The Balaban J connectivity index is 1.65. The summed E-state index contributed by atoms with van der Waals surface area (Å²) in [5.74, 6) is -0.219. The zero-order valence-electron chi connectivity index (χ0n) is 21.3. The Bertz CT molecular complexity index is 1730. The molecule has 186 valence electrons. The van der Waals surface area contributed by atoms with Crippen molar-refractivity contribution in [1.82, 2.24) is 24.2 Å². The Kier molecular flexibility index (Phi) is 6.42. The van der Waals surface area contributed by atoms with Crippen LogP contribution in [0.4, 0.5) is 5.69 Å². The molecule has 5 rings (SSSR count). The fourth-order valence-corrected chi connectivity index (χ4v) is 4.35. The van der Waals surface area contributed by atoms with E-state index in [-0.39, 0.29) is 11.5 Å². The first-order chi connectivity index (χ1) is 17.8. The van der Waals surface area contributed by atoms with Gasteiger partial charge in [0.2, 0.25) is 5.91 Å². The van der Waals surface area contributed by atoms with Gasteiger partial charge >= 0.3 is 0 Å². The lowest BCUT2D eigenvalue weighted by molar-refractivity contribution is -0.111. The molecular formula is C29H28N6O2. The van der Waals surface area contributed by atoms with E-state index < -0.39 is 0 Å². The molecule has 0 saturated carbocycles. The highest BCUT2D eigenvalue weighted by molar-refractivity contribution is 6.05. The second kappa shape index (κ2) is 9.83. The summed E-state index contributed by atoms with van der Waals surface area (Å²) in [7, 11) is 5.76. The maximum atomic E-state index is 13.3. The molecule has 0 fully saturated rings. The Hall–Kier alpha value is -4.56. The number of amides is 1. The van der Waals surface area contributed by atoms with Gasteiger partial charge in [-0.25, -0.2) is 0 Å². The fraction of sp³-hybridized carbons (Fsp3) is 0.172. The first kappa shape index (κ1) is 24.1. The second-order valence-electron chi connectivity index (χ2n) is 9.36. The smallest absolute Gasteiger partial charge is 0.255 e. The average molecular weight is 493 g/mol. The van der Waals surface area contributed by atoms with Crippen LogP contribution in [0.5, 0.6) is 0 Å². The van der Waals surface area contributed by atoms with Gasteiger partial charge in [0.1, 0.15) is 0 Å². The van der Waals surface area contributed by atoms with E-state index in [0.717, 1.165) is 38.5 Å². The molecule has 5 aromatic rings. The number of hydrogen-bond donors (Lipinski definition) is 1. The molecule has 0 aliphatic heterocycles. The van der Waals surface area contributed by atoms with Gasteiger partial charge in [-0.05, 0) is 62.5 Å². The lowest BCUT2D eigenvalue weighted by Gasteiger charge is -2.15. The lowest BCUT2D eigenvalue weighted by atomic mass is 10.0. The number of carbonyl (C=O) groups excluding carboxylic acids is 1. The SMILES string of the molecule is Cc1ccc(-n2c(=O)ccc3cnc4ccc(-c5cnn(C)c5)cc4c32)cc1NC(=O)C=CCN(C)C. The van der Waals surface area contributed by atoms with Crippen LogP contribution in [0.1, 0.15) is 5.56 Å². The van der Waals surface area contributed by atoms with Crippen molar-refractivity contribution in [3.8, 4) is 16.8 Å². The number of benzene rings is 2. The number of aromatic nitrogens is 4. The topological polar surface area (TPSA) is 85.0 Å². The van der Waals surface area contributed by atoms with E-state index >= 15 is 0 Å². The monoisotopic (exact) mass is 492 g/mol. The maximum absolute atomic E-state index is 13.3. The number of anilines is 1. The molecule has 0 saturated heterocycles. The van der Waals surface area contributed by atoms with Gasteiger partial charge in [-0.3, -0.25) is 23.8 Å². The molecule has 3 aromatic heterocycles. The molecule has 1 amide bonds. The van der Waals surface area contributed by atoms with Gasteiger partial charge in [-0.1, -0.05) is 18.2 Å². The van der Waals surface area contributed by atoms with Gasteiger partial charge in [0.15, 0.2) is 0 Å². The molecule has 1 N–H and O–H groups in total. The van der Waals surface area contributed by atoms with Crippen LogP contribution in [0.15, 0.2) is 84.1 Å². The van der Waals surface area contributed by atoms with Crippen LogP contribution < -0.4 is 10.9 Å². The molecule has 0 spiro atoms. The molecule has 37 heavy (non-hydrogen) atoms. The number of aryl methyl sites for hydroxylation is 2. The zero-order valence-corrected chi connectivity index (χ0v) is 21.3. The molecule has 0 aliphatic rings. The minimum absolute atomic E-state index is 0.168. The minimum atomic E-state index is -0.219. The third-order valence-corrected chi connectivity index (χ3v) is 6.23. The standard InChI is InChI=1S/C29H28N6O2/c1-19-7-10-23(15-26(19)32-27(36)6-5-13-33(2)3)35-28(37)12-9-21-16-30-25-11-8-20(14-24(25)29(21)35)22-17-31-34(4)18-22/h5-12,14-18H,13H2,1-4H3,(H,32,36). The van der Waals surface area contributed by atoms with Crippen molar-refractivity contribution < 1.29 is 4.79 Å². The summed E-state index contributed by atoms with van der Waals surface area (Å²) < 4.78 is 3.44. The fourth-order valence-electron chi connectivity index (χ4n) is 4.35. The van der Waals surface area contributed by atoms with E-state index in [1.165, 1.54) is 6.08 Å². The first-order valence-corrected chi connectivity index (χ1v) is 12.0. The number of rotatable bonds is 6. The van der Waals surface area contributed by atoms with Crippen LogP contribution in [-0.4, -0.2) is 50.8 Å². The van der Waals surface area contributed by atoms with Crippen molar-refractivity contribution in [2.75, 3.05) is 26.0 Å². The zero-order chi connectivity index (χ0) is 26.1. The Labute approximate surface area is 214 Å². The van der Waals surface area contributed by atoms with Crippen molar-refractivity contribution in [3.05, 3.63) is 95.2 Å². The van der Waals surface area contributed by atoms with Crippen molar-refractivity contribution in [3.63, 3.8) is 0 Å². The van der Waals surface area contributed by atoms with Crippen LogP contribution in [0.25, 0.3) is 38.6 Å². The van der Waals surface area contributed by atoms with Gasteiger partial charge in [0.25, 0.3) is 5.56 Å². The number of carbonyl (C=O) groups is 1. The highest BCUT2D eigenvalue weighted by atomic mass is 16.1. The third-order valence-electron chi connectivity index (χ3n) is 6.23. The molecule has 0 radical (unpaired) electrons. The summed E-state index contributed by atoms with van der Waals surface area (Å²) in [4.78, 5) is 32.4. The van der Waals surface area contributed by atoms with Crippen LogP contribution in [0.3, 0.4) is 0 Å². The van der Waals surface area contributed by atoms with E-state index in [4.69, 9.17) is 0 Å². The molecule has 0 atom stereocenters. The Morgan fingerprint density at radius 1 is 1.05 bits per heavy atom. The van der Waals surface area contributed by atoms with Crippen LogP contribution in [0.2, 0.25) is 0 Å². The summed E-state index contributed by atoms with van der Waals surface area (Å²) in [5.41, 5.74) is 5.55. The molecule has 0 unspecified atom stereocenters. The van der Waals surface area contributed by atoms with E-state index in [2.05, 4.69) is 15.4 Å². The highest BCUT2D eigenvalue weighted by Crippen LogP contribution is 2.30. The quantitative estimate of drug-likeness (QED) is 0.282. The Morgan fingerprint density at radius 2 is 1.89 bits per heavy atom. The number of pyridine rings is 2. The molecule has 2 aromatic carbocycles. The number of nitrogens with one attached hydrogen (secondary N) is 1. The second-order valence-corrected chi connectivity index (χ2v) is 9.36. The van der Waals surface area contributed by atoms with Crippen molar-refractivity contribution in [2.45, 2.75) is 6.92 Å². The molecular weight excluding hydrogens is 464 g/mol. The highest BCUT2D eigenvalue weighted by Gasteiger charge is 2.13. The minimum Gasteiger partial charge on any atom is -0.322 e. The number of fused-ring (bicyclic) bond motifs is 3. The van der Waals surface area contributed by atoms with Crippen molar-refractivity contribution in [2.24, 2.45) is 7.05 Å². The first-order valence-electron chi connectivity index (χ1n) is 12.0. The van der Waals surface area contributed by atoms with Gasteiger partial charge in [-0.15, -0.1) is 0 Å². The van der Waals surface area contributed by atoms with Crippen LogP contribution >= 0.6 is 0 Å². The van der Waals surface area contributed by atoms with Crippen LogP contribution in [0, 0.1) is 6.92 Å². The van der Waals surface area contributed by atoms with Crippen molar-refractivity contribution >= 4 is 33.4 Å². The summed E-state index contributed by atoms with van der Waals surface area (Å²) in [5, 5.41) is 8.93. The normalized spacial score (nSPS) is 11.7. The predicted octanol–water partition coefficient (Wildman–Crippen LogP) is 4.30. The molecule has 3 heterocycles. The predicted molar refractivity (Wildman–Crippen MR) is 148 cm³/mol. The molecule has 0 bridgehead atoms. The van der Waals surface area contributed by atoms with E-state index in [1.54, 1.807) is 27.6 Å². The van der Waals surface area contributed by atoms with Crippen molar-refractivity contribution in [1.29, 1.82) is 0 Å². The lowest BCUT2D eigenvalue weighted by Crippen LogP contribution is -2.18. The molecule has 8 heteroatoms.